The number of rotatable bonds is 8. The topological polar surface area (TPSA) is 49.9 Å². The van der Waals surface area contributed by atoms with E-state index in [1.165, 1.54) is 10.4 Å². The minimum atomic E-state index is -0.159. The number of ether oxygens (including phenoxy) is 1. The second-order valence-corrected chi connectivity index (χ2v) is 10.7. The Bertz CT molecular complexity index is 1220. The fraction of sp³-hybridized carbons (Fsp3) is 0.379. The highest BCUT2D eigenvalue weighted by atomic mass is 32.1. The molecule has 1 fully saturated rings. The Morgan fingerprint density at radius 2 is 1.77 bits per heavy atom. The second-order valence-electron chi connectivity index (χ2n) is 9.67. The van der Waals surface area contributed by atoms with Crippen molar-refractivity contribution in [1.82, 2.24) is 9.80 Å². The van der Waals surface area contributed by atoms with Crippen molar-refractivity contribution in [3.63, 3.8) is 0 Å². The number of fused-ring (bicyclic) bond motifs is 1. The molecule has 182 valence electrons. The molecular weight excluding hydrogens is 456 g/mol. The summed E-state index contributed by atoms with van der Waals surface area (Å²) in [6, 6.07) is 17.6. The molecule has 2 amide bonds. The summed E-state index contributed by atoms with van der Waals surface area (Å²) in [4.78, 5) is 32.2. The molecule has 1 aromatic heterocycles. The zero-order valence-corrected chi connectivity index (χ0v) is 21.2. The van der Waals surface area contributed by atoms with Gasteiger partial charge in [-0.25, -0.2) is 0 Å². The predicted molar refractivity (Wildman–Crippen MR) is 139 cm³/mol. The molecule has 5 nitrogen and oxygen atoms in total. The highest BCUT2D eigenvalue weighted by Crippen LogP contribution is 2.35. The summed E-state index contributed by atoms with van der Waals surface area (Å²) in [5.74, 6) is 1.28. The van der Waals surface area contributed by atoms with E-state index in [2.05, 4.69) is 11.4 Å². The molecule has 2 aromatic carbocycles. The van der Waals surface area contributed by atoms with Crippen molar-refractivity contribution in [2.75, 3.05) is 26.2 Å². The minimum absolute atomic E-state index is 0.0113. The number of thiophene rings is 1. The van der Waals surface area contributed by atoms with Crippen LogP contribution in [0.4, 0.5) is 0 Å². The summed E-state index contributed by atoms with van der Waals surface area (Å²) >= 11 is 1.74. The first-order chi connectivity index (χ1) is 17.0. The highest BCUT2D eigenvalue weighted by molar-refractivity contribution is 7.10. The maximum absolute atomic E-state index is 13.7. The van der Waals surface area contributed by atoms with E-state index in [1.807, 2.05) is 67.3 Å². The van der Waals surface area contributed by atoms with Gasteiger partial charge in [-0.05, 0) is 79.3 Å². The van der Waals surface area contributed by atoms with Crippen molar-refractivity contribution in [2.45, 2.75) is 39.2 Å². The number of para-hydroxylation sites is 1. The zero-order valence-electron chi connectivity index (χ0n) is 20.4. The van der Waals surface area contributed by atoms with E-state index >= 15 is 0 Å². The molecule has 1 aliphatic heterocycles. The van der Waals surface area contributed by atoms with Crippen LogP contribution in [0.2, 0.25) is 0 Å². The number of hydrogen-bond donors (Lipinski definition) is 0. The second kappa shape index (κ2) is 10.2. The van der Waals surface area contributed by atoms with Crippen molar-refractivity contribution in [3.05, 3.63) is 87.1 Å². The number of carbonyl (C=O) groups is 2. The van der Waals surface area contributed by atoms with E-state index in [0.29, 0.717) is 31.2 Å². The van der Waals surface area contributed by atoms with Crippen LogP contribution in [0.25, 0.3) is 0 Å². The number of benzene rings is 2. The molecule has 0 N–H and O–H groups in total. The van der Waals surface area contributed by atoms with Gasteiger partial charge in [0.2, 0.25) is 5.91 Å². The third-order valence-corrected chi connectivity index (χ3v) is 8.07. The lowest BCUT2D eigenvalue weighted by atomic mass is 10.00. The van der Waals surface area contributed by atoms with Crippen molar-refractivity contribution in [2.24, 2.45) is 5.92 Å². The quantitative estimate of drug-likeness (QED) is 0.425. The van der Waals surface area contributed by atoms with Crippen LogP contribution in [0.5, 0.6) is 5.75 Å². The molecule has 1 aliphatic carbocycles. The van der Waals surface area contributed by atoms with E-state index in [4.69, 9.17) is 4.74 Å². The van der Waals surface area contributed by atoms with E-state index in [-0.39, 0.29) is 24.4 Å². The first-order valence-corrected chi connectivity index (χ1v) is 13.3. The summed E-state index contributed by atoms with van der Waals surface area (Å²) in [7, 11) is 0. The lowest BCUT2D eigenvalue weighted by molar-refractivity contribution is -0.135. The molecule has 2 heterocycles. The van der Waals surface area contributed by atoms with E-state index < -0.39 is 0 Å². The van der Waals surface area contributed by atoms with Crippen molar-refractivity contribution in [1.29, 1.82) is 0 Å². The molecule has 1 atom stereocenters. The maximum Gasteiger partial charge on any atom is 0.254 e. The van der Waals surface area contributed by atoms with Gasteiger partial charge in [-0.1, -0.05) is 36.4 Å². The van der Waals surface area contributed by atoms with Gasteiger partial charge >= 0.3 is 0 Å². The van der Waals surface area contributed by atoms with Crippen molar-refractivity contribution >= 4 is 23.2 Å². The Morgan fingerprint density at radius 3 is 2.51 bits per heavy atom. The van der Waals surface area contributed by atoms with Crippen molar-refractivity contribution < 1.29 is 14.3 Å². The zero-order chi connectivity index (χ0) is 24.4. The smallest absolute Gasteiger partial charge is 0.254 e. The van der Waals surface area contributed by atoms with Crippen LogP contribution in [0.1, 0.15) is 50.8 Å². The molecule has 0 unspecified atom stereocenters. The van der Waals surface area contributed by atoms with Crippen LogP contribution in [-0.4, -0.2) is 47.9 Å². The fourth-order valence-electron chi connectivity index (χ4n) is 4.83. The Labute approximate surface area is 211 Å². The standard InChI is InChI=1S/C29H32N2O3S/c1-20-7-3-5-9-23(20)29(33)30(17-22-11-12-22)18-28(32)31-15-13-27-24(14-16-35-27)25(31)19-34-26-10-6-4-8-21(26)2/h3-10,14,16,22,25H,11-13,15,17-19H2,1-2H3/t25-/m1/s1. The van der Waals surface area contributed by atoms with Crippen molar-refractivity contribution in [3.8, 4) is 5.75 Å². The average molecular weight is 489 g/mol. The molecule has 5 rings (SSSR count). The molecule has 0 saturated heterocycles. The van der Waals surface area contributed by atoms with E-state index in [1.54, 1.807) is 16.2 Å². The summed E-state index contributed by atoms with van der Waals surface area (Å²) in [5.41, 5.74) is 3.86. The molecule has 6 heteroatoms. The van der Waals surface area contributed by atoms with E-state index in [9.17, 15) is 9.59 Å². The molecule has 3 aromatic rings. The van der Waals surface area contributed by atoms with Crippen LogP contribution in [0, 0.1) is 19.8 Å². The average Bonchev–Trinajstić information content (AvgIpc) is 3.55. The summed E-state index contributed by atoms with van der Waals surface area (Å²) in [5, 5.41) is 2.10. The van der Waals surface area contributed by atoms with Crippen LogP contribution in [0.15, 0.2) is 60.0 Å². The lowest BCUT2D eigenvalue weighted by Gasteiger charge is -2.37. The van der Waals surface area contributed by atoms with Gasteiger partial charge < -0.3 is 14.5 Å². The summed E-state index contributed by atoms with van der Waals surface area (Å²) in [6.07, 6.45) is 3.09. The predicted octanol–water partition coefficient (Wildman–Crippen LogP) is 5.42. The molecule has 0 radical (unpaired) electrons. The van der Waals surface area contributed by atoms with E-state index in [0.717, 1.165) is 36.1 Å². The van der Waals surface area contributed by atoms with Gasteiger partial charge in [-0.15, -0.1) is 11.3 Å². The lowest BCUT2D eigenvalue weighted by Crippen LogP contribution is -2.48. The molecular formula is C29H32N2O3S. The summed E-state index contributed by atoms with van der Waals surface area (Å²) in [6.45, 7) is 5.76. The number of amides is 2. The third kappa shape index (κ3) is 5.27. The van der Waals surface area contributed by atoms with Gasteiger partial charge in [0.1, 0.15) is 18.9 Å². The largest absolute Gasteiger partial charge is 0.491 e. The third-order valence-electron chi connectivity index (χ3n) is 7.07. The maximum atomic E-state index is 13.7. The van der Waals surface area contributed by atoms with Crippen LogP contribution in [0.3, 0.4) is 0 Å². The minimum Gasteiger partial charge on any atom is -0.491 e. The fourth-order valence-corrected chi connectivity index (χ4v) is 5.76. The Hall–Kier alpha value is -3.12. The summed E-state index contributed by atoms with van der Waals surface area (Å²) < 4.78 is 6.23. The van der Waals surface area contributed by atoms with Crippen LogP contribution >= 0.6 is 11.3 Å². The Balaban J connectivity index is 1.36. The molecule has 1 saturated carbocycles. The highest BCUT2D eigenvalue weighted by Gasteiger charge is 2.35. The Kier molecular flexibility index (Phi) is 6.91. The Morgan fingerprint density at radius 1 is 1.03 bits per heavy atom. The molecule has 2 aliphatic rings. The van der Waals surface area contributed by atoms with Gasteiger partial charge in [0.25, 0.3) is 5.91 Å². The normalized spacial score (nSPS) is 17.1. The first kappa shape index (κ1) is 23.6. The number of nitrogens with zero attached hydrogens (tertiary/aromatic N) is 2. The van der Waals surface area contributed by atoms with Gasteiger partial charge in [-0.3, -0.25) is 9.59 Å². The molecule has 35 heavy (non-hydrogen) atoms. The number of hydrogen-bond acceptors (Lipinski definition) is 4. The van der Waals surface area contributed by atoms with Crippen LogP contribution < -0.4 is 4.74 Å². The molecule has 0 bridgehead atoms. The van der Waals surface area contributed by atoms with Gasteiger partial charge in [0, 0.05) is 23.5 Å². The van der Waals surface area contributed by atoms with Gasteiger partial charge in [0.05, 0.1) is 6.04 Å². The number of aryl methyl sites for hydroxylation is 2. The first-order valence-electron chi connectivity index (χ1n) is 12.4. The molecule has 0 spiro atoms. The van der Waals surface area contributed by atoms with Crippen LogP contribution in [-0.2, 0) is 11.2 Å². The number of carbonyl (C=O) groups excluding carboxylic acids is 2. The monoisotopic (exact) mass is 488 g/mol. The van der Waals surface area contributed by atoms with Gasteiger partial charge in [-0.2, -0.15) is 0 Å². The van der Waals surface area contributed by atoms with Gasteiger partial charge in [0.15, 0.2) is 0 Å². The SMILES string of the molecule is Cc1ccccc1OC[C@@H]1c2ccsc2CCN1C(=O)CN(CC1CC1)C(=O)c1ccccc1C.